The topological polar surface area (TPSA) is 127 Å². The van der Waals surface area contributed by atoms with Crippen molar-refractivity contribution >= 4 is 32.5 Å². The van der Waals surface area contributed by atoms with E-state index in [-0.39, 0.29) is 22.9 Å². The van der Waals surface area contributed by atoms with E-state index >= 15 is 0 Å². The number of rotatable bonds is 3. The molecular formula is C13H13NO6S. The van der Waals surface area contributed by atoms with E-state index < -0.39 is 32.4 Å². The van der Waals surface area contributed by atoms with Gasteiger partial charge in [-0.3, -0.25) is 4.55 Å². The van der Waals surface area contributed by atoms with Crippen molar-refractivity contribution in [1.82, 2.24) is 0 Å². The molecule has 2 aromatic rings. The van der Waals surface area contributed by atoms with Crippen LogP contribution < -0.4 is 5.73 Å². The van der Waals surface area contributed by atoms with Gasteiger partial charge in [0.05, 0.1) is 17.9 Å². The van der Waals surface area contributed by atoms with E-state index in [4.69, 9.17) is 15.0 Å². The molecule has 0 saturated carbocycles. The van der Waals surface area contributed by atoms with Crippen molar-refractivity contribution in [3.8, 4) is 5.75 Å². The lowest BCUT2D eigenvalue weighted by Crippen LogP contribution is -2.06. The summed E-state index contributed by atoms with van der Waals surface area (Å²) in [7, 11) is -4.59. The highest BCUT2D eigenvalue weighted by atomic mass is 32.2. The number of anilines is 1. The Bertz CT molecular complexity index is 828. The Morgan fingerprint density at radius 3 is 2.57 bits per heavy atom. The largest absolute Gasteiger partial charge is 0.505 e. The first kappa shape index (κ1) is 15.1. The van der Waals surface area contributed by atoms with Crippen LogP contribution in [-0.2, 0) is 14.9 Å². The second-order valence-electron chi connectivity index (χ2n) is 4.27. The van der Waals surface area contributed by atoms with Crippen LogP contribution in [0.25, 0.3) is 10.8 Å². The van der Waals surface area contributed by atoms with E-state index in [0.29, 0.717) is 0 Å². The Hall–Kier alpha value is -2.32. The number of carbonyl (C=O) groups excluding carboxylic acids is 1. The van der Waals surface area contributed by atoms with Gasteiger partial charge in [0, 0.05) is 5.39 Å². The van der Waals surface area contributed by atoms with Crippen LogP contribution in [0.1, 0.15) is 17.3 Å². The number of nitrogens with two attached hydrogens (primary N) is 1. The summed E-state index contributed by atoms with van der Waals surface area (Å²) in [6, 6.07) is 5.28. The molecule has 0 radical (unpaired) electrons. The van der Waals surface area contributed by atoms with Gasteiger partial charge in [-0.15, -0.1) is 0 Å². The predicted octanol–water partition coefficient (Wildman–Crippen LogP) is 1.55. The molecule has 8 heteroatoms. The van der Waals surface area contributed by atoms with E-state index in [9.17, 15) is 18.3 Å². The minimum absolute atomic E-state index is 0.190. The molecule has 0 aliphatic carbocycles. The smallest absolute Gasteiger partial charge is 0.338 e. The highest BCUT2D eigenvalue weighted by Gasteiger charge is 2.20. The Morgan fingerprint density at radius 2 is 2.00 bits per heavy atom. The lowest BCUT2D eigenvalue weighted by molar-refractivity contribution is 0.0526. The summed E-state index contributed by atoms with van der Waals surface area (Å²) in [5, 5.41) is 10.4. The molecule has 4 N–H and O–H groups in total. The van der Waals surface area contributed by atoms with Crippen molar-refractivity contribution in [2.24, 2.45) is 0 Å². The maximum Gasteiger partial charge on any atom is 0.338 e. The summed E-state index contributed by atoms with van der Waals surface area (Å²) in [6.07, 6.45) is 0. The van der Waals surface area contributed by atoms with Gasteiger partial charge in [-0.25, -0.2) is 4.79 Å². The summed E-state index contributed by atoms with van der Waals surface area (Å²) in [5.74, 6) is -1.06. The van der Waals surface area contributed by atoms with Crippen molar-refractivity contribution in [3.05, 3.63) is 29.8 Å². The number of phenolic OH excluding ortho intramolecular Hbond substituents is 1. The van der Waals surface area contributed by atoms with Crippen LogP contribution >= 0.6 is 0 Å². The molecule has 0 atom stereocenters. The summed E-state index contributed by atoms with van der Waals surface area (Å²) < 4.78 is 36.4. The van der Waals surface area contributed by atoms with Crippen LogP contribution in [0.15, 0.2) is 29.2 Å². The van der Waals surface area contributed by atoms with Gasteiger partial charge in [-0.05, 0) is 36.6 Å². The van der Waals surface area contributed by atoms with Crippen LogP contribution in [-0.4, -0.2) is 30.7 Å². The molecule has 112 valence electrons. The zero-order valence-corrected chi connectivity index (χ0v) is 11.8. The second-order valence-corrected chi connectivity index (χ2v) is 5.66. The van der Waals surface area contributed by atoms with Gasteiger partial charge in [-0.1, -0.05) is 0 Å². The Balaban J connectivity index is 2.73. The number of aromatic hydroxyl groups is 1. The van der Waals surface area contributed by atoms with E-state index in [2.05, 4.69) is 0 Å². The van der Waals surface area contributed by atoms with Crippen LogP contribution in [0.4, 0.5) is 5.69 Å². The first-order valence-corrected chi connectivity index (χ1v) is 7.39. The second kappa shape index (κ2) is 5.23. The van der Waals surface area contributed by atoms with Crippen molar-refractivity contribution < 1.29 is 27.6 Å². The van der Waals surface area contributed by atoms with Gasteiger partial charge in [0.1, 0.15) is 10.6 Å². The number of hydrogen-bond acceptors (Lipinski definition) is 6. The Kier molecular flexibility index (Phi) is 3.75. The molecule has 0 fully saturated rings. The lowest BCUT2D eigenvalue weighted by atomic mass is 10.1. The minimum Gasteiger partial charge on any atom is -0.505 e. The molecule has 0 saturated heterocycles. The number of hydrogen-bond donors (Lipinski definition) is 3. The van der Waals surface area contributed by atoms with Gasteiger partial charge in [0.25, 0.3) is 10.1 Å². The SMILES string of the molecule is CCOC(=O)c1ccc2c(O)c(N)c(S(=O)(=O)O)cc2c1. The number of benzene rings is 2. The number of carbonyl (C=O) groups is 1. The monoisotopic (exact) mass is 311 g/mol. The first-order valence-electron chi connectivity index (χ1n) is 5.95. The lowest BCUT2D eigenvalue weighted by Gasteiger charge is -2.10. The third kappa shape index (κ3) is 2.76. The van der Waals surface area contributed by atoms with Crippen LogP contribution in [0.5, 0.6) is 5.75 Å². The summed E-state index contributed by atoms with van der Waals surface area (Å²) in [6.45, 7) is 1.85. The molecule has 7 nitrogen and oxygen atoms in total. The molecule has 0 amide bonds. The fourth-order valence-corrected chi connectivity index (χ4v) is 2.58. The van der Waals surface area contributed by atoms with Gasteiger partial charge in [0.2, 0.25) is 0 Å². The van der Waals surface area contributed by atoms with E-state index in [1.54, 1.807) is 6.92 Å². The quantitative estimate of drug-likeness (QED) is 0.339. The van der Waals surface area contributed by atoms with Crippen LogP contribution in [0, 0.1) is 0 Å². The molecule has 0 aromatic heterocycles. The highest BCUT2D eigenvalue weighted by Crippen LogP contribution is 2.36. The van der Waals surface area contributed by atoms with Crippen LogP contribution in [0.3, 0.4) is 0 Å². The van der Waals surface area contributed by atoms with Gasteiger partial charge < -0.3 is 15.6 Å². The molecule has 0 aliphatic rings. The molecule has 0 unspecified atom stereocenters. The normalized spacial score (nSPS) is 11.5. The first-order chi connectivity index (χ1) is 9.75. The third-order valence-corrected chi connectivity index (χ3v) is 3.80. The Labute approximate surface area is 120 Å². The molecule has 0 heterocycles. The number of fused-ring (bicyclic) bond motifs is 1. The summed E-state index contributed by atoms with van der Waals surface area (Å²) >= 11 is 0. The molecule has 0 aliphatic heterocycles. The molecule has 2 rings (SSSR count). The van der Waals surface area contributed by atoms with Gasteiger partial charge in [-0.2, -0.15) is 8.42 Å². The average molecular weight is 311 g/mol. The van der Waals surface area contributed by atoms with Gasteiger partial charge in [0.15, 0.2) is 0 Å². The molecule has 2 aromatic carbocycles. The zero-order chi connectivity index (χ0) is 15.8. The van der Waals surface area contributed by atoms with E-state index in [1.165, 1.54) is 18.2 Å². The van der Waals surface area contributed by atoms with Crippen molar-refractivity contribution in [2.45, 2.75) is 11.8 Å². The molecular weight excluding hydrogens is 298 g/mol. The number of ether oxygens (including phenoxy) is 1. The Morgan fingerprint density at radius 1 is 1.33 bits per heavy atom. The number of phenols is 1. The summed E-state index contributed by atoms with van der Waals surface area (Å²) in [5.41, 5.74) is 5.24. The highest BCUT2D eigenvalue weighted by molar-refractivity contribution is 7.86. The molecule has 21 heavy (non-hydrogen) atoms. The zero-order valence-electron chi connectivity index (χ0n) is 11.0. The standard InChI is InChI=1S/C13H13NO6S/c1-2-20-13(16)7-3-4-9-8(5-7)6-10(21(17,18)19)11(14)12(9)15/h3-6,15H,2,14H2,1H3,(H,17,18,19). The fraction of sp³-hybridized carbons (Fsp3) is 0.154. The van der Waals surface area contributed by atoms with Crippen molar-refractivity contribution in [2.75, 3.05) is 12.3 Å². The maximum absolute atomic E-state index is 11.6. The number of esters is 1. The maximum atomic E-state index is 11.6. The number of nitrogen functional groups attached to an aromatic ring is 1. The molecule has 0 bridgehead atoms. The van der Waals surface area contributed by atoms with Crippen molar-refractivity contribution in [3.63, 3.8) is 0 Å². The summed E-state index contributed by atoms with van der Waals surface area (Å²) in [4.78, 5) is 11.0. The van der Waals surface area contributed by atoms with Gasteiger partial charge >= 0.3 is 5.97 Å². The fourth-order valence-electron chi connectivity index (χ4n) is 1.93. The predicted molar refractivity (Wildman–Crippen MR) is 75.8 cm³/mol. The third-order valence-electron chi connectivity index (χ3n) is 2.90. The van der Waals surface area contributed by atoms with Crippen molar-refractivity contribution in [1.29, 1.82) is 0 Å². The van der Waals surface area contributed by atoms with E-state index in [0.717, 1.165) is 6.07 Å². The van der Waals surface area contributed by atoms with E-state index in [1.807, 2.05) is 0 Å². The average Bonchev–Trinajstić information content (AvgIpc) is 2.41. The minimum atomic E-state index is -4.59. The molecule has 0 spiro atoms. The van der Waals surface area contributed by atoms with Crippen LogP contribution in [0.2, 0.25) is 0 Å².